The second kappa shape index (κ2) is 4.28. The summed E-state index contributed by atoms with van der Waals surface area (Å²) in [7, 11) is 1.99. The third-order valence-electron chi connectivity index (χ3n) is 2.48. The van der Waals surface area contributed by atoms with Crippen molar-refractivity contribution < 1.29 is 0 Å². The van der Waals surface area contributed by atoms with E-state index in [1.807, 2.05) is 11.9 Å². The summed E-state index contributed by atoms with van der Waals surface area (Å²) < 4.78 is 0. The maximum absolute atomic E-state index is 5.27. The molecular formula is C10H17N. The summed E-state index contributed by atoms with van der Waals surface area (Å²) in [6.07, 6.45) is 12.3. The molecule has 1 aliphatic rings. The van der Waals surface area contributed by atoms with Gasteiger partial charge in [0.1, 0.15) is 0 Å². The first-order valence-electron chi connectivity index (χ1n) is 4.50. The molecule has 0 spiro atoms. The van der Waals surface area contributed by atoms with E-state index in [2.05, 4.69) is 6.04 Å². The van der Waals surface area contributed by atoms with E-state index < -0.39 is 0 Å². The quantitative estimate of drug-likeness (QED) is 0.431. The van der Waals surface area contributed by atoms with Gasteiger partial charge < -0.3 is 4.90 Å². The summed E-state index contributed by atoms with van der Waals surface area (Å²) in [5.74, 6) is 0.866. The normalized spacial score (nSPS) is 19.3. The van der Waals surface area contributed by atoms with Crippen LogP contribution >= 0.6 is 0 Å². The SMILES string of the molecule is C#CN(C)CC1CCCCC1. The molecule has 62 valence electrons. The molecule has 0 heterocycles. The van der Waals surface area contributed by atoms with Crippen LogP contribution in [0.3, 0.4) is 0 Å². The number of nitrogens with zero attached hydrogens (tertiary/aromatic N) is 1. The maximum atomic E-state index is 5.27. The molecule has 11 heavy (non-hydrogen) atoms. The fourth-order valence-corrected chi connectivity index (χ4v) is 1.81. The topological polar surface area (TPSA) is 3.24 Å². The van der Waals surface area contributed by atoms with Gasteiger partial charge in [0.05, 0.1) is 0 Å². The number of hydrogen-bond donors (Lipinski definition) is 0. The van der Waals surface area contributed by atoms with Crippen LogP contribution in [0.15, 0.2) is 0 Å². The number of terminal acetylenes is 1. The van der Waals surface area contributed by atoms with Crippen LogP contribution in [-0.2, 0) is 0 Å². The molecule has 1 rings (SSSR count). The molecule has 1 saturated carbocycles. The summed E-state index contributed by atoms with van der Waals surface area (Å²) >= 11 is 0. The van der Waals surface area contributed by atoms with E-state index in [9.17, 15) is 0 Å². The van der Waals surface area contributed by atoms with Gasteiger partial charge in [-0.3, -0.25) is 0 Å². The standard InChI is InChI=1S/C10H17N/c1-3-11(2)9-10-7-5-4-6-8-10/h1,10H,4-9H2,2H3. The monoisotopic (exact) mass is 151 g/mol. The fourth-order valence-electron chi connectivity index (χ4n) is 1.81. The molecule has 0 atom stereocenters. The van der Waals surface area contributed by atoms with Crippen LogP contribution in [0.25, 0.3) is 0 Å². The number of rotatable bonds is 2. The van der Waals surface area contributed by atoms with Crippen LogP contribution in [0.2, 0.25) is 0 Å². The Balaban J connectivity index is 2.20. The first-order chi connectivity index (χ1) is 5.33. The lowest BCUT2D eigenvalue weighted by Gasteiger charge is -2.24. The van der Waals surface area contributed by atoms with Crippen molar-refractivity contribution in [2.45, 2.75) is 32.1 Å². The molecule has 0 radical (unpaired) electrons. The molecule has 1 fully saturated rings. The molecule has 0 N–H and O–H groups in total. The van der Waals surface area contributed by atoms with Crippen molar-refractivity contribution in [1.82, 2.24) is 4.90 Å². The van der Waals surface area contributed by atoms with Gasteiger partial charge in [0.25, 0.3) is 0 Å². The smallest absolute Gasteiger partial charge is 0.0285 e. The molecule has 1 aliphatic carbocycles. The van der Waals surface area contributed by atoms with Crippen LogP contribution in [0.5, 0.6) is 0 Å². The first kappa shape index (κ1) is 8.46. The molecule has 0 saturated heterocycles. The number of hydrogen-bond acceptors (Lipinski definition) is 1. The molecule has 1 heteroatoms. The Hall–Kier alpha value is -0.640. The van der Waals surface area contributed by atoms with Crippen molar-refractivity contribution in [2.24, 2.45) is 5.92 Å². The van der Waals surface area contributed by atoms with Gasteiger partial charge in [-0.05, 0) is 18.8 Å². The Labute approximate surface area is 69.8 Å². The predicted octanol–water partition coefficient (Wildman–Crippen LogP) is 2.09. The largest absolute Gasteiger partial charge is 0.336 e. The van der Waals surface area contributed by atoms with Gasteiger partial charge in [0.2, 0.25) is 0 Å². The van der Waals surface area contributed by atoms with Crippen LogP contribution in [0.4, 0.5) is 0 Å². The minimum absolute atomic E-state index is 0.866. The molecule has 0 aromatic heterocycles. The molecule has 0 bridgehead atoms. The molecule has 0 aliphatic heterocycles. The van der Waals surface area contributed by atoms with Crippen LogP contribution in [-0.4, -0.2) is 18.5 Å². The molecule has 0 aromatic rings. The average Bonchev–Trinajstić information content (AvgIpc) is 2.06. The van der Waals surface area contributed by atoms with E-state index >= 15 is 0 Å². The zero-order valence-electron chi connectivity index (χ0n) is 7.34. The van der Waals surface area contributed by atoms with Gasteiger partial charge in [0, 0.05) is 19.6 Å². The Morgan fingerprint density at radius 1 is 1.36 bits per heavy atom. The fraction of sp³-hybridized carbons (Fsp3) is 0.800. The van der Waals surface area contributed by atoms with Crippen molar-refractivity contribution in [1.29, 1.82) is 0 Å². The van der Waals surface area contributed by atoms with E-state index in [1.54, 1.807) is 0 Å². The summed E-state index contributed by atoms with van der Waals surface area (Å²) in [5.41, 5.74) is 0. The lowest BCUT2D eigenvalue weighted by Crippen LogP contribution is -2.22. The zero-order chi connectivity index (χ0) is 8.10. The molecule has 1 nitrogen and oxygen atoms in total. The molecular weight excluding hydrogens is 134 g/mol. The summed E-state index contributed by atoms with van der Waals surface area (Å²) in [4.78, 5) is 1.97. The van der Waals surface area contributed by atoms with E-state index in [0.29, 0.717) is 0 Å². The highest BCUT2D eigenvalue weighted by atomic mass is 15.1. The summed E-state index contributed by atoms with van der Waals surface area (Å²) in [6.45, 7) is 1.09. The van der Waals surface area contributed by atoms with E-state index in [0.717, 1.165) is 12.5 Å². The minimum atomic E-state index is 0.866. The maximum Gasteiger partial charge on any atom is 0.0285 e. The van der Waals surface area contributed by atoms with Crippen LogP contribution in [0, 0.1) is 18.4 Å². The third-order valence-corrected chi connectivity index (χ3v) is 2.48. The van der Waals surface area contributed by atoms with Gasteiger partial charge in [-0.15, -0.1) is 0 Å². The van der Waals surface area contributed by atoms with Gasteiger partial charge in [-0.1, -0.05) is 25.7 Å². The highest BCUT2D eigenvalue weighted by Crippen LogP contribution is 2.23. The predicted molar refractivity (Wildman–Crippen MR) is 48.0 cm³/mol. The van der Waals surface area contributed by atoms with Crippen molar-refractivity contribution in [2.75, 3.05) is 13.6 Å². The first-order valence-corrected chi connectivity index (χ1v) is 4.50. The van der Waals surface area contributed by atoms with E-state index in [1.165, 1.54) is 32.1 Å². The second-order valence-electron chi connectivity index (χ2n) is 3.51. The minimum Gasteiger partial charge on any atom is -0.336 e. The van der Waals surface area contributed by atoms with Crippen molar-refractivity contribution >= 4 is 0 Å². The molecule has 0 unspecified atom stereocenters. The van der Waals surface area contributed by atoms with Crippen LogP contribution < -0.4 is 0 Å². The van der Waals surface area contributed by atoms with Gasteiger partial charge >= 0.3 is 0 Å². The highest BCUT2D eigenvalue weighted by molar-refractivity contribution is 4.84. The Morgan fingerprint density at radius 2 is 2.00 bits per heavy atom. The summed E-state index contributed by atoms with van der Waals surface area (Å²) in [6, 6.07) is 2.65. The van der Waals surface area contributed by atoms with Gasteiger partial charge in [-0.25, -0.2) is 0 Å². The zero-order valence-corrected chi connectivity index (χ0v) is 7.34. The average molecular weight is 151 g/mol. The van der Waals surface area contributed by atoms with Crippen molar-refractivity contribution in [3.8, 4) is 12.5 Å². The Morgan fingerprint density at radius 3 is 2.55 bits per heavy atom. The lowest BCUT2D eigenvalue weighted by atomic mass is 9.89. The van der Waals surface area contributed by atoms with E-state index in [4.69, 9.17) is 6.42 Å². The van der Waals surface area contributed by atoms with Crippen molar-refractivity contribution in [3.63, 3.8) is 0 Å². The van der Waals surface area contributed by atoms with Crippen molar-refractivity contribution in [3.05, 3.63) is 0 Å². The highest BCUT2D eigenvalue weighted by Gasteiger charge is 2.13. The molecule has 0 aromatic carbocycles. The second-order valence-corrected chi connectivity index (χ2v) is 3.51. The van der Waals surface area contributed by atoms with Crippen LogP contribution in [0.1, 0.15) is 32.1 Å². The molecule has 0 amide bonds. The summed E-state index contributed by atoms with van der Waals surface area (Å²) in [5, 5.41) is 0. The third kappa shape index (κ3) is 2.84. The van der Waals surface area contributed by atoms with Gasteiger partial charge in [0.15, 0.2) is 0 Å². The Bertz CT molecular complexity index is 139. The lowest BCUT2D eigenvalue weighted by molar-refractivity contribution is 0.289. The Kier molecular flexibility index (Phi) is 3.29. The van der Waals surface area contributed by atoms with Gasteiger partial charge in [-0.2, -0.15) is 0 Å². The van der Waals surface area contributed by atoms with E-state index in [-0.39, 0.29) is 0 Å².